The molecule has 6 heteroatoms. The standard InChI is InChI=1S/C24H27N3O3/c1-17-11-12-18(2)20(14-17)26-22(28)16-27(3)23(29)15-25-24(21-10-7-13-30-21)19-8-5-4-6-9-19/h4-14,24-25H,15-16H2,1-3H3,(H,26,28)/t24-/m1/s1. The molecule has 156 valence electrons. The Bertz CT molecular complexity index is 984. The highest BCUT2D eigenvalue weighted by molar-refractivity contribution is 5.95. The van der Waals surface area contributed by atoms with Crippen molar-refractivity contribution < 1.29 is 14.0 Å². The molecule has 0 fully saturated rings. The van der Waals surface area contributed by atoms with E-state index in [0.717, 1.165) is 28.1 Å². The minimum atomic E-state index is -0.248. The van der Waals surface area contributed by atoms with Gasteiger partial charge in [0.25, 0.3) is 0 Å². The van der Waals surface area contributed by atoms with Crippen LogP contribution in [0.2, 0.25) is 0 Å². The average Bonchev–Trinajstić information content (AvgIpc) is 3.26. The number of amides is 2. The van der Waals surface area contributed by atoms with Crippen molar-refractivity contribution in [3.8, 4) is 0 Å². The third kappa shape index (κ3) is 5.58. The number of rotatable bonds is 8. The Labute approximate surface area is 176 Å². The molecule has 0 aliphatic rings. The van der Waals surface area contributed by atoms with E-state index < -0.39 is 0 Å². The van der Waals surface area contributed by atoms with Crippen LogP contribution in [0.1, 0.15) is 28.5 Å². The van der Waals surface area contributed by atoms with Crippen molar-refractivity contribution in [2.45, 2.75) is 19.9 Å². The number of nitrogens with zero attached hydrogens (tertiary/aromatic N) is 1. The molecule has 2 aromatic carbocycles. The number of carbonyl (C=O) groups is 2. The van der Waals surface area contributed by atoms with Crippen LogP contribution in [0.4, 0.5) is 5.69 Å². The summed E-state index contributed by atoms with van der Waals surface area (Å²) >= 11 is 0. The van der Waals surface area contributed by atoms with E-state index in [9.17, 15) is 9.59 Å². The van der Waals surface area contributed by atoms with Gasteiger partial charge in [-0.05, 0) is 48.7 Å². The molecule has 1 atom stereocenters. The normalized spacial score (nSPS) is 11.7. The van der Waals surface area contributed by atoms with E-state index in [1.54, 1.807) is 13.3 Å². The zero-order valence-corrected chi connectivity index (χ0v) is 17.5. The first kappa shape index (κ1) is 21.3. The molecular weight excluding hydrogens is 378 g/mol. The molecule has 6 nitrogen and oxygen atoms in total. The molecule has 3 aromatic rings. The monoisotopic (exact) mass is 405 g/mol. The van der Waals surface area contributed by atoms with Gasteiger partial charge in [0.15, 0.2) is 0 Å². The summed E-state index contributed by atoms with van der Waals surface area (Å²) in [6.07, 6.45) is 1.61. The molecule has 0 aliphatic heterocycles. The Morgan fingerprint density at radius 2 is 1.80 bits per heavy atom. The fourth-order valence-corrected chi connectivity index (χ4v) is 3.17. The maximum absolute atomic E-state index is 12.6. The van der Waals surface area contributed by atoms with Crippen LogP contribution in [-0.4, -0.2) is 36.9 Å². The topological polar surface area (TPSA) is 74.6 Å². The Kier molecular flexibility index (Phi) is 7.03. The molecule has 3 rings (SSSR count). The Balaban J connectivity index is 1.58. The number of carbonyl (C=O) groups excluding carboxylic acids is 2. The largest absolute Gasteiger partial charge is 0.467 e. The fourth-order valence-electron chi connectivity index (χ4n) is 3.17. The molecule has 0 bridgehead atoms. The van der Waals surface area contributed by atoms with Gasteiger partial charge in [-0.15, -0.1) is 0 Å². The second kappa shape index (κ2) is 9.89. The number of aryl methyl sites for hydroxylation is 2. The average molecular weight is 405 g/mol. The summed E-state index contributed by atoms with van der Waals surface area (Å²) < 4.78 is 5.54. The number of likely N-dealkylation sites (N-methyl/N-ethyl adjacent to an activating group) is 1. The number of nitrogens with one attached hydrogen (secondary N) is 2. The van der Waals surface area contributed by atoms with Crippen LogP contribution < -0.4 is 10.6 Å². The van der Waals surface area contributed by atoms with Gasteiger partial charge >= 0.3 is 0 Å². The quantitative estimate of drug-likeness (QED) is 0.600. The summed E-state index contributed by atoms with van der Waals surface area (Å²) in [7, 11) is 1.62. The lowest BCUT2D eigenvalue weighted by Gasteiger charge is -2.21. The Hall–Kier alpha value is -3.38. The summed E-state index contributed by atoms with van der Waals surface area (Å²) in [6.45, 7) is 3.96. The summed E-state index contributed by atoms with van der Waals surface area (Å²) in [5, 5.41) is 6.12. The lowest BCUT2D eigenvalue weighted by atomic mass is 10.0. The second-order valence-electron chi connectivity index (χ2n) is 7.36. The maximum Gasteiger partial charge on any atom is 0.243 e. The Morgan fingerprint density at radius 1 is 1.03 bits per heavy atom. The maximum atomic E-state index is 12.6. The molecule has 2 amide bonds. The van der Waals surface area contributed by atoms with E-state index in [0.29, 0.717) is 0 Å². The fraction of sp³-hybridized carbons (Fsp3) is 0.250. The third-order valence-corrected chi connectivity index (χ3v) is 4.89. The molecule has 1 heterocycles. The van der Waals surface area contributed by atoms with Crippen molar-refractivity contribution in [2.24, 2.45) is 0 Å². The lowest BCUT2D eigenvalue weighted by molar-refractivity contribution is -0.132. The second-order valence-corrected chi connectivity index (χ2v) is 7.36. The number of furan rings is 1. The predicted octanol–water partition coefficient (Wildman–Crippen LogP) is 3.67. The zero-order chi connectivity index (χ0) is 21.5. The predicted molar refractivity (Wildman–Crippen MR) is 117 cm³/mol. The summed E-state index contributed by atoms with van der Waals surface area (Å²) in [4.78, 5) is 26.4. The summed E-state index contributed by atoms with van der Waals surface area (Å²) in [5.41, 5.74) is 3.81. The first-order valence-corrected chi connectivity index (χ1v) is 9.87. The molecule has 0 radical (unpaired) electrons. The third-order valence-electron chi connectivity index (χ3n) is 4.89. The van der Waals surface area contributed by atoms with Gasteiger partial charge < -0.3 is 14.6 Å². The lowest BCUT2D eigenvalue weighted by Crippen LogP contribution is -2.41. The van der Waals surface area contributed by atoms with Gasteiger partial charge in [0.05, 0.1) is 25.4 Å². The van der Waals surface area contributed by atoms with E-state index in [1.165, 1.54) is 4.90 Å². The molecule has 30 heavy (non-hydrogen) atoms. The van der Waals surface area contributed by atoms with Gasteiger partial charge in [-0.25, -0.2) is 0 Å². The minimum absolute atomic E-state index is 0.0232. The number of hydrogen-bond acceptors (Lipinski definition) is 4. The van der Waals surface area contributed by atoms with Gasteiger partial charge in [-0.3, -0.25) is 14.9 Å². The Morgan fingerprint density at radius 3 is 2.50 bits per heavy atom. The molecule has 0 saturated carbocycles. The van der Waals surface area contributed by atoms with E-state index in [2.05, 4.69) is 10.6 Å². The van der Waals surface area contributed by atoms with Gasteiger partial charge in [0.1, 0.15) is 5.76 Å². The summed E-state index contributed by atoms with van der Waals surface area (Å²) in [6, 6.07) is 19.1. The van der Waals surface area contributed by atoms with E-state index in [-0.39, 0.29) is 30.9 Å². The van der Waals surface area contributed by atoms with Crippen LogP contribution in [0, 0.1) is 13.8 Å². The van der Waals surface area contributed by atoms with E-state index in [1.807, 2.05) is 74.5 Å². The van der Waals surface area contributed by atoms with Crippen LogP contribution in [0.5, 0.6) is 0 Å². The number of benzene rings is 2. The first-order chi connectivity index (χ1) is 14.4. The van der Waals surface area contributed by atoms with E-state index in [4.69, 9.17) is 4.42 Å². The molecule has 0 spiro atoms. The van der Waals surface area contributed by atoms with E-state index >= 15 is 0 Å². The molecule has 0 saturated heterocycles. The van der Waals surface area contributed by atoms with Crippen LogP contribution >= 0.6 is 0 Å². The first-order valence-electron chi connectivity index (χ1n) is 9.87. The van der Waals surface area contributed by atoms with Crippen LogP contribution in [0.3, 0.4) is 0 Å². The van der Waals surface area contributed by atoms with Crippen LogP contribution in [-0.2, 0) is 9.59 Å². The van der Waals surface area contributed by atoms with Crippen molar-refractivity contribution >= 4 is 17.5 Å². The molecular formula is C24H27N3O3. The van der Waals surface area contributed by atoms with Crippen LogP contribution in [0.25, 0.3) is 0 Å². The minimum Gasteiger partial charge on any atom is -0.467 e. The zero-order valence-electron chi connectivity index (χ0n) is 17.5. The van der Waals surface area contributed by atoms with Crippen molar-refractivity contribution in [3.05, 3.63) is 89.4 Å². The van der Waals surface area contributed by atoms with Crippen molar-refractivity contribution in [3.63, 3.8) is 0 Å². The van der Waals surface area contributed by atoms with Gasteiger partial charge in [0, 0.05) is 12.7 Å². The van der Waals surface area contributed by atoms with Crippen molar-refractivity contribution in [1.29, 1.82) is 0 Å². The summed E-state index contributed by atoms with van der Waals surface area (Å²) in [5.74, 6) is 0.313. The highest BCUT2D eigenvalue weighted by Crippen LogP contribution is 2.22. The number of anilines is 1. The highest BCUT2D eigenvalue weighted by atomic mass is 16.3. The molecule has 1 aromatic heterocycles. The molecule has 0 unspecified atom stereocenters. The van der Waals surface area contributed by atoms with Gasteiger partial charge in [0.2, 0.25) is 11.8 Å². The molecule has 0 aliphatic carbocycles. The smallest absolute Gasteiger partial charge is 0.243 e. The van der Waals surface area contributed by atoms with Gasteiger partial charge in [-0.1, -0.05) is 42.5 Å². The van der Waals surface area contributed by atoms with Crippen LogP contribution in [0.15, 0.2) is 71.3 Å². The van der Waals surface area contributed by atoms with Crippen molar-refractivity contribution in [1.82, 2.24) is 10.2 Å². The molecule has 2 N–H and O–H groups in total. The SMILES string of the molecule is Cc1ccc(C)c(NC(=O)CN(C)C(=O)CN[C@H](c2ccccc2)c2ccco2)c1. The highest BCUT2D eigenvalue weighted by Gasteiger charge is 2.19. The number of hydrogen-bond donors (Lipinski definition) is 2. The van der Waals surface area contributed by atoms with Gasteiger partial charge in [-0.2, -0.15) is 0 Å². The van der Waals surface area contributed by atoms with Crippen molar-refractivity contribution in [2.75, 3.05) is 25.5 Å².